The van der Waals surface area contributed by atoms with Crippen LogP contribution in [0.3, 0.4) is 0 Å². The van der Waals surface area contributed by atoms with Crippen LogP contribution in [-0.4, -0.2) is 51.5 Å². The molecule has 0 aromatic carbocycles. The molecule has 2 bridgehead atoms. The zero-order valence-corrected chi connectivity index (χ0v) is 25.6. The molecule has 6 heteroatoms. The predicted molar refractivity (Wildman–Crippen MR) is 156 cm³/mol. The SMILES string of the molecule is CCCCCCCCCCCCCC(=O)O[C@@H]1C(CO)=C[C@@H]2C(=O)[C@]3(C=C(C)[C@H](O)[C@@]13O)[C@H](C)C[C@@H]1[C@H]2C1(C)C. The molecule has 4 aliphatic rings. The van der Waals surface area contributed by atoms with Crippen LogP contribution in [0.1, 0.15) is 118 Å². The standard InChI is InChI=1S/C34H54O6/c1-6-7-8-9-10-11-12-13-14-15-16-17-27(36)40-31-24(21-35)19-25-28-26(32(28,4)5)18-23(3)33(30(25)38)20-22(2)29(37)34(31,33)39/h19-20,23,25-26,28-29,31,35,37,39H,6-18,21H2,1-5H3/t23-,25+,26-,28+,29+,31-,33+,34-/m1/s1. The Labute approximate surface area is 241 Å². The largest absolute Gasteiger partial charge is 0.454 e. The molecule has 0 aliphatic heterocycles. The topological polar surface area (TPSA) is 104 Å². The number of esters is 1. The first-order chi connectivity index (χ1) is 19.0. The van der Waals surface area contributed by atoms with Gasteiger partial charge in [0.25, 0.3) is 0 Å². The monoisotopic (exact) mass is 558 g/mol. The molecule has 0 unspecified atom stereocenters. The van der Waals surface area contributed by atoms with Crippen LogP contribution in [0, 0.1) is 34.5 Å². The molecule has 0 aromatic heterocycles. The lowest BCUT2D eigenvalue weighted by Gasteiger charge is -2.49. The molecular weight excluding hydrogens is 504 g/mol. The lowest BCUT2D eigenvalue weighted by molar-refractivity contribution is -0.204. The Balaban J connectivity index is 1.43. The van der Waals surface area contributed by atoms with Crippen molar-refractivity contribution < 1.29 is 29.6 Å². The maximum absolute atomic E-state index is 14.4. The minimum atomic E-state index is -2.05. The van der Waals surface area contributed by atoms with E-state index in [1.807, 2.05) is 6.92 Å². The van der Waals surface area contributed by atoms with Crippen molar-refractivity contribution in [1.29, 1.82) is 0 Å². The van der Waals surface area contributed by atoms with E-state index in [0.717, 1.165) is 19.3 Å². The third-order valence-electron chi connectivity index (χ3n) is 11.1. The number of hydrogen-bond donors (Lipinski definition) is 3. The van der Waals surface area contributed by atoms with Crippen LogP contribution in [0.15, 0.2) is 23.3 Å². The van der Waals surface area contributed by atoms with Crippen LogP contribution in [0.5, 0.6) is 0 Å². The molecule has 1 spiro atoms. The van der Waals surface area contributed by atoms with Crippen molar-refractivity contribution in [3.05, 3.63) is 23.3 Å². The van der Waals surface area contributed by atoms with Gasteiger partial charge in [0, 0.05) is 12.3 Å². The van der Waals surface area contributed by atoms with Gasteiger partial charge in [-0.15, -0.1) is 0 Å². The van der Waals surface area contributed by atoms with E-state index in [1.165, 1.54) is 51.4 Å². The first-order valence-electron chi connectivity index (χ1n) is 16.1. The molecule has 3 N–H and O–H groups in total. The summed E-state index contributed by atoms with van der Waals surface area (Å²) in [4.78, 5) is 27.5. The molecule has 0 heterocycles. The molecule has 40 heavy (non-hydrogen) atoms. The van der Waals surface area contributed by atoms with Gasteiger partial charge < -0.3 is 20.1 Å². The van der Waals surface area contributed by atoms with Crippen LogP contribution in [0.4, 0.5) is 0 Å². The van der Waals surface area contributed by atoms with Gasteiger partial charge in [-0.1, -0.05) is 104 Å². The first-order valence-corrected chi connectivity index (χ1v) is 16.1. The fourth-order valence-electron chi connectivity index (χ4n) is 8.70. The van der Waals surface area contributed by atoms with Crippen LogP contribution in [-0.2, 0) is 14.3 Å². The number of aliphatic hydroxyl groups is 3. The molecular formula is C34H54O6. The summed E-state index contributed by atoms with van der Waals surface area (Å²) in [6.07, 6.45) is 14.8. The predicted octanol–water partition coefficient (Wildman–Crippen LogP) is 6.07. The van der Waals surface area contributed by atoms with Crippen molar-refractivity contribution in [3.8, 4) is 0 Å². The highest BCUT2D eigenvalue weighted by atomic mass is 16.6. The highest BCUT2D eigenvalue weighted by Crippen LogP contribution is 2.71. The van der Waals surface area contributed by atoms with Crippen LogP contribution in [0.25, 0.3) is 0 Å². The third kappa shape index (κ3) is 5.26. The maximum Gasteiger partial charge on any atom is 0.306 e. The fraction of sp³-hybridized carbons (Fsp3) is 0.824. The van der Waals surface area contributed by atoms with E-state index in [4.69, 9.17) is 4.74 Å². The van der Waals surface area contributed by atoms with Gasteiger partial charge >= 0.3 is 5.97 Å². The Hall–Kier alpha value is -1.50. The van der Waals surface area contributed by atoms with E-state index >= 15 is 0 Å². The lowest BCUT2D eigenvalue weighted by atomic mass is 9.59. The number of Topliss-reactive ketones (excluding diaryl/α,β-unsaturated/α-hetero) is 1. The van der Waals surface area contributed by atoms with Crippen LogP contribution in [0.2, 0.25) is 0 Å². The van der Waals surface area contributed by atoms with Crippen LogP contribution >= 0.6 is 0 Å². The number of aliphatic hydroxyl groups excluding tert-OH is 2. The molecule has 4 rings (SSSR count). The molecule has 6 nitrogen and oxygen atoms in total. The van der Waals surface area contributed by atoms with E-state index < -0.39 is 41.7 Å². The van der Waals surface area contributed by atoms with Gasteiger partial charge in [0.15, 0.2) is 17.5 Å². The van der Waals surface area contributed by atoms with Crippen LogP contribution < -0.4 is 0 Å². The molecule has 0 aromatic rings. The summed E-state index contributed by atoms with van der Waals surface area (Å²) in [7, 11) is 0. The van der Waals surface area contributed by atoms with Crippen molar-refractivity contribution in [1.82, 2.24) is 0 Å². The Bertz CT molecular complexity index is 996. The van der Waals surface area contributed by atoms with Crippen molar-refractivity contribution in [2.24, 2.45) is 34.5 Å². The second kappa shape index (κ2) is 12.4. The summed E-state index contributed by atoms with van der Waals surface area (Å²) in [6.45, 7) is 9.85. The Morgan fingerprint density at radius 2 is 1.60 bits per heavy atom. The minimum Gasteiger partial charge on any atom is -0.454 e. The van der Waals surface area contributed by atoms with Gasteiger partial charge in [0.2, 0.25) is 0 Å². The van der Waals surface area contributed by atoms with Gasteiger partial charge in [-0.3, -0.25) is 9.59 Å². The Kier molecular flexibility index (Phi) is 9.74. The first kappa shape index (κ1) is 31.4. The number of carbonyl (C=O) groups is 2. The smallest absolute Gasteiger partial charge is 0.306 e. The molecule has 0 saturated heterocycles. The molecule has 2 fully saturated rings. The Morgan fingerprint density at radius 3 is 2.17 bits per heavy atom. The number of hydrogen-bond acceptors (Lipinski definition) is 6. The second-order valence-corrected chi connectivity index (χ2v) is 14.0. The fourth-order valence-corrected chi connectivity index (χ4v) is 8.70. The molecule has 2 saturated carbocycles. The lowest BCUT2D eigenvalue weighted by Crippen LogP contribution is -2.66. The van der Waals surface area contributed by atoms with E-state index in [2.05, 4.69) is 20.8 Å². The number of carbonyl (C=O) groups excluding carboxylic acids is 2. The number of fused-ring (bicyclic) bond motifs is 3. The molecule has 0 amide bonds. The number of ether oxygens (including phenoxy) is 1. The van der Waals surface area contributed by atoms with E-state index in [9.17, 15) is 24.9 Å². The van der Waals surface area contributed by atoms with Gasteiger partial charge in [0.1, 0.15) is 6.10 Å². The number of unbranched alkanes of at least 4 members (excludes halogenated alkanes) is 10. The zero-order valence-electron chi connectivity index (χ0n) is 25.6. The summed E-state index contributed by atoms with van der Waals surface area (Å²) < 4.78 is 5.98. The maximum atomic E-state index is 14.4. The molecule has 0 radical (unpaired) electrons. The average Bonchev–Trinajstić information content (AvgIpc) is 3.42. The van der Waals surface area contributed by atoms with Gasteiger partial charge in [-0.2, -0.15) is 0 Å². The number of rotatable bonds is 14. The molecule has 226 valence electrons. The van der Waals surface area contributed by atoms with Gasteiger partial charge in [-0.05, 0) is 54.1 Å². The van der Waals surface area contributed by atoms with Crippen molar-refractivity contribution in [2.45, 2.75) is 136 Å². The van der Waals surface area contributed by atoms with E-state index in [0.29, 0.717) is 23.5 Å². The quantitative estimate of drug-likeness (QED) is 0.136. The normalized spacial score (nSPS) is 37.5. The van der Waals surface area contributed by atoms with Gasteiger partial charge in [-0.25, -0.2) is 0 Å². The van der Waals surface area contributed by atoms with Crippen molar-refractivity contribution in [2.75, 3.05) is 6.61 Å². The summed E-state index contributed by atoms with van der Waals surface area (Å²) in [6, 6.07) is 0. The highest BCUT2D eigenvalue weighted by molar-refractivity contribution is 5.95. The van der Waals surface area contributed by atoms with Crippen molar-refractivity contribution in [3.63, 3.8) is 0 Å². The Morgan fingerprint density at radius 1 is 1.02 bits per heavy atom. The summed E-state index contributed by atoms with van der Waals surface area (Å²) in [5, 5.41) is 34.3. The number of allylic oxidation sites excluding steroid dienone is 1. The minimum absolute atomic E-state index is 0.0209. The molecule has 8 atom stereocenters. The van der Waals surface area contributed by atoms with Crippen molar-refractivity contribution >= 4 is 11.8 Å². The molecule has 4 aliphatic carbocycles. The highest BCUT2D eigenvalue weighted by Gasteiger charge is 2.76. The number of ketones is 1. The zero-order chi connectivity index (χ0) is 29.3. The third-order valence-corrected chi connectivity index (χ3v) is 11.1. The summed E-state index contributed by atoms with van der Waals surface area (Å²) in [5.41, 5.74) is -2.61. The van der Waals surface area contributed by atoms with Gasteiger partial charge in [0.05, 0.1) is 12.0 Å². The average molecular weight is 559 g/mol. The second-order valence-electron chi connectivity index (χ2n) is 14.0. The van der Waals surface area contributed by atoms with E-state index in [-0.39, 0.29) is 29.5 Å². The summed E-state index contributed by atoms with van der Waals surface area (Å²) in [5.74, 6) is -0.905. The summed E-state index contributed by atoms with van der Waals surface area (Å²) >= 11 is 0. The van der Waals surface area contributed by atoms with E-state index in [1.54, 1.807) is 19.1 Å².